The lowest BCUT2D eigenvalue weighted by Gasteiger charge is -2.23. The van der Waals surface area contributed by atoms with Crippen LogP contribution in [0.25, 0.3) is 11.0 Å². The van der Waals surface area contributed by atoms with E-state index >= 15 is 0 Å². The van der Waals surface area contributed by atoms with Crippen LogP contribution in [0.2, 0.25) is 0 Å². The van der Waals surface area contributed by atoms with Gasteiger partial charge in [0.2, 0.25) is 0 Å². The molecule has 2 aliphatic rings. The molecule has 0 saturated heterocycles. The molecule has 1 atom stereocenters. The molecular weight excluding hydrogens is 316 g/mol. The Morgan fingerprint density at radius 1 is 1.04 bits per heavy atom. The molecule has 2 aromatic carbocycles. The number of hydrogen-bond donors (Lipinski definition) is 2. The van der Waals surface area contributed by atoms with Crippen LogP contribution < -0.4 is 9.91 Å². The zero-order chi connectivity index (χ0) is 16.7. The summed E-state index contributed by atoms with van der Waals surface area (Å²) in [6.07, 6.45) is 5.37. The van der Waals surface area contributed by atoms with Crippen molar-refractivity contribution in [2.24, 2.45) is 15.1 Å². The zero-order valence-corrected chi connectivity index (χ0v) is 13.0. The van der Waals surface area contributed by atoms with Crippen molar-refractivity contribution in [2.75, 3.05) is 5.32 Å². The first-order chi connectivity index (χ1) is 12.3. The van der Waals surface area contributed by atoms with E-state index in [-0.39, 0.29) is 4.59 Å². The summed E-state index contributed by atoms with van der Waals surface area (Å²) in [7, 11) is 0. The molecule has 1 unspecified atom stereocenters. The maximum atomic E-state index is 4.79. The number of aliphatic imine (C=N–C) groups is 2. The molecule has 8 nitrogen and oxygen atoms in total. The number of para-hydroxylation sites is 1. The standard InChI is InChI=1S/C17H13N8/c1-2-4-13(5-3-1)25-9-8-18-11-16(25)20-17(23-25)19-12-6-7-14-15(10-12)22-24-21-14/h1-11H,(H,19,23)(H,21,22,24)/q+1. The largest absolute Gasteiger partial charge is 0.320 e. The molecule has 0 amide bonds. The molecule has 2 aliphatic heterocycles. The highest BCUT2D eigenvalue weighted by molar-refractivity contribution is 6.38. The number of anilines is 1. The van der Waals surface area contributed by atoms with Crippen molar-refractivity contribution in [3.8, 4) is 0 Å². The van der Waals surface area contributed by atoms with Gasteiger partial charge in [0.15, 0.2) is 11.9 Å². The molecule has 0 radical (unpaired) electrons. The van der Waals surface area contributed by atoms with Crippen LogP contribution in [0.3, 0.4) is 0 Å². The number of quaternary nitrogens is 1. The molecule has 0 fully saturated rings. The first kappa shape index (κ1) is 13.8. The van der Waals surface area contributed by atoms with Gasteiger partial charge in [-0.15, -0.1) is 5.10 Å². The third-order valence-corrected chi connectivity index (χ3v) is 4.11. The van der Waals surface area contributed by atoms with E-state index in [0.717, 1.165) is 28.2 Å². The second-order valence-electron chi connectivity index (χ2n) is 5.66. The van der Waals surface area contributed by atoms with Crippen molar-refractivity contribution in [3.05, 3.63) is 60.9 Å². The lowest BCUT2D eigenvalue weighted by molar-refractivity contribution is 0.592. The predicted octanol–water partition coefficient (Wildman–Crippen LogP) is 2.62. The van der Waals surface area contributed by atoms with Crippen molar-refractivity contribution >= 4 is 40.4 Å². The minimum atomic E-state index is 0.166. The molecule has 2 N–H and O–H groups in total. The molecule has 3 aromatic rings. The van der Waals surface area contributed by atoms with E-state index in [2.05, 4.69) is 30.7 Å². The van der Waals surface area contributed by atoms with Crippen molar-refractivity contribution in [2.45, 2.75) is 0 Å². The highest BCUT2D eigenvalue weighted by atomic mass is 15.7. The van der Waals surface area contributed by atoms with Crippen LogP contribution in [0.5, 0.6) is 0 Å². The van der Waals surface area contributed by atoms with Crippen molar-refractivity contribution < 1.29 is 0 Å². The number of benzene rings is 2. The Bertz CT molecular complexity index is 1080. The smallest absolute Gasteiger partial charge is 0.287 e. The number of nitrogens with zero attached hydrogens (tertiary/aromatic N) is 6. The normalized spacial score (nSPS) is 21.1. The van der Waals surface area contributed by atoms with E-state index in [9.17, 15) is 0 Å². The average Bonchev–Trinajstić information content (AvgIpc) is 3.26. The summed E-state index contributed by atoms with van der Waals surface area (Å²) in [5, 5.41) is 18.7. The van der Waals surface area contributed by atoms with E-state index in [4.69, 9.17) is 5.10 Å². The number of aromatic nitrogens is 3. The van der Waals surface area contributed by atoms with Gasteiger partial charge in [-0.1, -0.05) is 28.0 Å². The van der Waals surface area contributed by atoms with E-state index < -0.39 is 0 Å². The van der Waals surface area contributed by atoms with Gasteiger partial charge in [-0.25, -0.2) is 0 Å². The van der Waals surface area contributed by atoms with E-state index in [1.807, 2.05) is 54.7 Å². The second-order valence-corrected chi connectivity index (χ2v) is 5.66. The third kappa shape index (κ3) is 2.16. The summed E-state index contributed by atoms with van der Waals surface area (Å²) in [6, 6.07) is 15.7. The lowest BCUT2D eigenvalue weighted by atomic mass is 10.2. The van der Waals surface area contributed by atoms with Crippen LogP contribution in [0.4, 0.5) is 11.4 Å². The fraction of sp³-hybridized carbons (Fsp3) is 0. The topological polar surface area (TPSA) is 90.7 Å². The van der Waals surface area contributed by atoms with Crippen LogP contribution in [-0.4, -0.2) is 33.4 Å². The monoisotopic (exact) mass is 329 g/mol. The average molecular weight is 329 g/mol. The van der Waals surface area contributed by atoms with Gasteiger partial charge in [0.1, 0.15) is 11.7 Å². The third-order valence-electron chi connectivity index (χ3n) is 4.11. The van der Waals surface area contributed by atoms with Gasteiger partial charge in [-0.3, -0.25) is 10.1 Å². The number of nitrogens with one attached hydrogen (secondary N) is 2. The summed E-state index contributed by atoms with van der Waals surface area (Å²) in [6.45, 7) is 0. The summed E-state index contributed by atoms with van der Waals surface area (Å²) in [4.78, 5) is 8.80. The Morgan fingerprint density at radius 2 is 1.96 bits per heavy atom. The molecular formula is C17H13N8+. The first-order valence-electron chi connectivity index (χ1n) is 7.76. The fourth-order valence-corrected chi connectivity index (χ4v) is 2.91. The summed E-state index contributed by atoms with van der Waals surface area (Å²) in [5.41, 5.74) is 3.50. The number of fused-ring (bicyclic) bond motifs is 2. The Hall–Kier alpha value is -3.65. The molecule has 0 bridgehead atoms. The summed E-state index contributed by atoms with van der Waals surface area (Å²) in [5.74, 6) is 1.25. The molecule has 3 heterocycles. The first-order valence-corrected chi connectivity index (χ1v) is 7.76. The van der Waals surface area contributed by atoms with Crippen LogP contribution >= 0.6 is 0 Å². The Balaban J connectivity index is 1.55. The fourth-order valence-electron chi connectivity index (χ4n) is 2.91. The summed E-state index contributed by atoms with van der Waals surface area (Å²) >= 11 is 0. The van der Waals surface area contributed by atoms with Gasteiger partial charge in [0.05, 0.1) is 11.7 Å². The molecule has 8 heteroatoms. The van der Waals surface area contributed by atoms with Gasteiger partial charge in [0, 0.05) is 17.8 Å². The second kappa shape index (κ2) is 5.18. The molecule has 1 aromatic heterocycles. The van der Waals surface area contributed by atoms with E-state index in [1.165, 1.54) is 0 Å². The van der Waals surface area contributed by atoms with Gasteiger partial charge in [0.25, 0.3) is 11.8 Å². The molecule has 0 aliphatic carbocycles. The summed E-state index contributed by atoms with van der Waals surface area (Å²) < 4.78 is 0.166. The van der Waals surface area contributed by atoms with E-state index in [1.54, 1.807) is 12.4 Å². The van der Waals surface area contributed by atoms with Gasteiger partial charge >= 0.3 is 0 Å². The van der Waals surface area contributed by atoms with Gasteiger partial charge in [-0.2, -0.15) is 4.99 Å². The highest BCUT2D eigenvalue weighted by Gasteiger charge is 2.42. The molecule has 0 spiro atoms. The Kier molecular flexibility index (Phi) is 2.85. The SMILES string of the molecule is C1=C[N+]2(c3ccccc3)N=C(Nc3ccc4[nH]nnc4c3)N=C2C=N1. The van der Waals surface area contributed by atoms with Crippen molar-refractivity contribution in [1.29, 1.82) is 0 Å². The van der Waals surface area contributed by atoms with Gasteiger partial charge < -0.3 is 5.32 Å². The van der Waals surface area contributed by atoms with Gasteiger partial charge in [-0.05, 0) is 23.3 Å². The predicted molar refractivity (Wildman–Crippen MR) is 98.2 cm³/mol. The Morgan fingerprint density at radius 3 is 2.88 bits per heavy atom. The van der Waals surface area contributed by atoms with Crippen LogP contribution in [0.1, 0.15) is 0 Å². The molecule has 0 saturated carbocycles. The maximum Gasteiger partial charge on any atom is 0.287 e. The maximum absolute atomic E-state index is 4.79. The molecule has 120 valence electrons. The van der Waals surface area contributed by atoms with E-state index in [0.29, 0.717) is 5.96 Å². The highest BCUT2D eigenvalue weighted by Crippen LogP contribution is 2.30. The number of aromatic amines is 1. The number of hydrogen-bond acceptors (Lipinski definition) is 6. The minimum absolute atomic E-state index is 0.166. The Labute approximate surface area is 142 Å². The van der Waals surface area contributed by atoms with Crippen LogP contribution in [0, 0.1) is 0 Å². The van der Waals surface area contributed by atoms with Crippen molar-refractivity contribution in [3.63, 3.8) is 0 Å². The molecule has 25 heavy (non-hydrogen) atoms. The minimum Gasteiger partial charge on any atom is -0.320 e. The zero-order valence-electron chi connectivity index (χ0n) is 13.0. The van der Waals surface area contributed by atoms with Crippen LogP contribution in [-0.2, 0) is 0 Å². The lowest BCUT2D eigenvalue weighted by Crippen LogP contribution is -2.44. The number of amidine groups is 1. The quantitative estimate of drug-likeness (QED) is 0.708. The molecule has 5 rings (SSSR count). The number of guanidine groups is 1. The number of H-pyrrole nitrogens is 1. The number of rotatable bonds is 2. The van der Waals surface area contributed by atoms with Crippen molar-refractivity contribution in [1.82, 2.24) is 20.0 Å². The van der Waals surface area contributed by atoms with Crippen LogP contribution in [0.15, 0.2) is 76.0 Å².